The minimum absolute atomic E-state index is 0.0240. The third-order valence-corrected chi connectivity index (χ3v) is 5.10. The lowest BCUT2D eigenvalue weighted by Gasteiger charge is -2.18. The normalized spacial score (nSPS) is 15.1. The number of para-hydroxylation sites is 2. The number of ketones is 1. The van der Waals surface area contributed by atoms with Gasteiger partial charge in [-0.1, -0.05) is 50.2 Å². The third kappa shape index (κ3) is 5.31. The fourth-order valence-electron chi connectivity index (χ4n) is 3.13. The number of nitrogens with one attached hydrogen (secondary N) is 2. The molecule has 0 saturated carbocycles. The maximum absolute atomic E-state index is 12.6. The topological polar surface area (TPSA) is 93.7 Å². The summed E-state index contributed by atoms with van der Waals surface area (Å²) in [6.07, 6.45) is -0.179. The number of esters is 1. The summed E-state index contributed by atoms with van der Waals surface area (Å²) in [4.78, 5) is 37.5. The number of rotatable bonds is 8. The van der Waals surface area contributed by atoms with Crippen LogP contribution in [0.3, 0.4) is 0 Å². The molecule has 1 heterocycles. The predicted octanol–water partition coefficient (Wildman–Crippen LogP) is 3.99. The summed E-state index contributed by atoms with van der Waals surface area (Å²) in [5.41, 5.74) is 2.11. The fraction of sp³-hybridized carbons (Fsp3) is 0.292. The molecule has 2 atom stereocenters. The van der Waals surface area contributed by atoms with E-state index in [1.165, 1.54) is 6.92 Å². The zero-order chi connectivity index (χ0) is 22.4. The number of carbonyl (C=O) groups excluding carboxylic acids is 3. The average Bonchev–Trinajstić information content (AvgIpc) is 3.14. The number of Topliss-reactive ketones (excluding diaryl/α,β-unsaturated/α-hetero) is 1. The Balaban J connectivity index is 1.70. The Morgan fingerprint density at radius 3 is 2.45 bits per heavy atom. The van der Waals surface area contributed by atoms with E-state index in [2.05, 4.69) is 24.5 Å². The lowest BCUT2D eigenvalue weighted by atomic mass is 9.97. The predicted molar refractivity (Wildman–Crippen MR) is 117 cm³/mol. The molecule has 0 bridgehead atoms. The van der Waals surface area contributed by atoms with Crippen molar-refractivity contribution in [1.29, 1.82) is 0 Å². The number of ether oxygens (including phenoxy) is 2. The van der Waals surface area contributed by atoms with E-state index < -0.39 is 23.8 Å². The van der Waals surface area contributed by atoms with Gasteiger partial charge in [0.1, 0.15) is 0 Å². The van der Waals surface area contributed by atoms with Crippen LogP contribution in [-0.2, 0) is 23.9 Å². The molecule has 2 aromatic rings. The second-order valence-corrected chi connectivity index (χ2v) is 7.34. The molecule has 2 aromatic carbocycles. The molecule has 0 aliphatic carbocycles. The van der Waals surface area contributed by atoms with E-state index in [1.54, 1.807) is 24.3 Å². The number of hydrogen-bond acceptors (Lipinski definition) is 6. The van der Waals surface area contributed by atoms with Crippen molar-refractivity contribution in [2.24, 2.45) is 0 Å². The fourth-order valence-corrected chi connectivity index (χ4v) is 3.13. The Morgan fingerprint density at radius 1 is 1.06 bits per heavy atom. The number of benzene rings is 2. The summed E-state index contributed by atoms with van der Waals surface area (Å²) < 4.78 is 10.6. The highest BCUT2D eigenvalue weighted by atomic mass is 16.6. The molecular formula is C24H26N2O5. The number of hydrogen-bond donors (Lipinski definition) is 2. The highest BCUT2D eigenvalue weighted by Gasteiger charge is 2.34. The van der Waals surface area contributed by atoms with E-state index in [9.17, 15) is 14.4 Å². The minimum Gasteiger partial charge on any atom is -0.470 e. The van der Waals surface area contributed by atoms with Crippen molar-refractivity contribution in [3.8, 4) is 0 Å². The molecule has 0 radical (unpaired) electrons. The van der Waals surface area contributed by atoms with Crippen molar-refractivity contribution < 1.29 is 23.9 Å². The Hall–Kier alpha value is -3.61. The molecule has 162 valence electrons. The van der Waals surface area contributed by atoms with Crippen LogP contribution in [0.4, 0.5) is 11.4 Å². The molecule has 1 aliphatic rings. The Labute approximate surface area is 181 Å². The van der Waals surface area contributed by atoms with Gasteiger partial charge in [0, 0.05) is 11.4 Å². The van der Waals surface area contributed by atoms with Crippen LogP contribution >= 0.6 is 0 Å². The summed E-state index contributed by atoms with van der Waals surface area (Å²) in [6.45, 7) is 5.35. The largest absolute Gasteiger partial charge is 0.470 e. The van der Waals surface area contributed by atoms with Crippen LogP contribution in [0.15, 0.2) is 66.1 Å². The van der Waals surface area contributed by atoms with Gasteiger partial charge in [-0.15, -0.1) is 0 Å². The molecule has 0 unspecified atom stereocenters. The van der Waals surface area contributed by atoms with Gasteiger partial charge in [-0.25, -0.2) is 4.79 Å². The summed E-state index contributed by atoms with van der Waals surface area (Å²) in [7, 11) is 0. The molecule has 31 heavy (non-hydrogen) atoms. The van der Waals surface area contributed by atoms with Crippen molar-refractivity contribution >= 4 is 29.0 Å². The Bertz CT molecular complexity index is 1000. The minimum atomic E-state index is -1.10. The van der Waals surface area contributed by atoms with Crippen molar-refractivity contribution in [2.75, 3.05) is 17.2 Å². The first-order valence-electron chi connectivity index (χ1n) is 10.2. The first-order chi connectivity index (χ1) is 14.9. The van der Waals surface area contributed by atoms with E-state index in [1.807, 2.05) is 30.3 Å². The van der Waals surface area contributed by atoms with E-state index >= 15 is 0 Å². The first-order valence-corrected chi connectivity index (χ1v) is 10.2. The molecule has 2 N–H and O–H groups in total. The third-order valence-electron chi connectivity index (χ3n) is 5.10. The highest BCUT2D eigenvalue weighted by molar-refractivity contribution is 6.20. The van der Waals surface area contributed by atoms with Gasteiger partial charge in [0.25, 0.3) is 5.91 Å². The van der Waals surface area contributed by atoms with Crippen molar-refractivity contribution in [1.82, 2.24) is 0 Å². The van der Waals surface area contributed by atoms with E-state index in [0.717, 1.165) is 12.0 Å². The molecule has 3 rings (SSSR count). The van der Waals surface area contributed by atoms with Gasteiger partial charge in [0.2, 0.25) is 11.7 Å². The Kier molecular flexibility index (Phi) is 7.07. The van der Waals surface area contributed by atoms with Gasteiger partial charge < -0.3 is 20.1 Å². The molecular weight excluding hydrogens is 396 g/mol. The SMILES string of the molecule is CC[C@@H](C)c1ccccc1NC(=O)[C@H](C)OC(=O)C1=C(Nc2ccccc2)OCC1=O. The monoisotopic (exact) mass is 422 g/mol. The zero-order valence-corrected chi connectivity index (χ0v) is 17.8. The van der Waals surface area contributed by atoms with Crippen LogP contribution in [-0.4, -0.2) is 30.4 Å². The van der Waals surface area contributed by atoms with Crippen molar-refractivity contribution in [3.05, 3.63) is 71.6 Å². The van der Waals surface area contributed by atoms with Crippen LogP contribution in [0.25, 0.3) is 0 Å². The van der Waals surface area contributed by atoms with Gasteiger partial charge >= 0.3 is 5.97 Å². The van der Waals surface area contributed by atoms with Gasteiger partial charge in [-0.2, -0.15) is 0 Å². The highest BCUT2D eigenvalue weighted by Crippen LogP contribution is 2.27. The summed E-state index contributed by atoms with van der Waals surface area (Å²) >= 11 is 0. The van der Waals surface area contributed by atoms with Gasteiger partial charge in [0.15, 0.2) is 18.3 Å². The molecule has 1 aliphatic heterocycles. The number of anilines is 2. The Morgan fingerprint density at radius 2 is 1.74 bits per heavy atom. The van der Waals surface area contributed by atoms with Crippen molar-refractivity contribution in [3.63, 3.8) is 0 Å². The van der Waals surface area contributed by atoms with Gasteiger partial charge in [0.05, 0.1) is 0 Å². The van der Waals surface area contributed by atoms with E-state index in [-0.39, 0.29) is 24.0 Å². The van der Waals surface area contributed by atoms with E-state index in [4.69, 9.17) is 9.47 Å². The smallest absolute Gasteiger partial charge is 0.348 e. The maximum Gasteiger partial charge on any atom is 0.348 e. The van der Waals surface area contributed by atoms with Gasteiger partial charge in [-0.05, 0) is 43.0 Å². The van der Waals surface area contributed by atoms with Crippen LogP contribution in [0.1, 0.15) is 38.7 Å². The molecule has 0 spiro atoms. The molecule has 7 heteroatoms. The van der Waals surface area contributed by atoms with Crippen LogP contribution in [0.2, 0.25) is 0 Å². The molecule has 0 aromatic heterocycles. The second kappa shape index (κ2) is 9.93. The number of amides is 1. The molecule has 1 amide bonds. The number of carbonyl (C=O) groups is 3. The van der Waals surface area contributed by atoms with Crippen LogP contribution in [0, 0.1) is 0 Å². The van der Waals surface area contributed by atoms with Crippen LogP contribution in [0.5, 0.6) is 0 Å². The lowest BCUT2D eigenvalue weighted by molar-refractivity contribution is -0.150. The second-order valence-electron chi connectivity index (χ2n) is 7.34. The molecule has 7 nitrogen and oxygen atoms in total. The molecule has 0 saturated heterocycles. The maximum atomic E-state index is 12.6. The van der Waals surface area contributed by atoms with Crippen molar-refractivity contribution in [2.45, 2.75) is 39.2 Å². The summed E-state index contributed by atoms with van der Waals surface area (Å²) in [6, 6.07) is 16.5. The molecule has 0 fully saturated rings. The zero-order valence-electron chi connectivity index (χ0n) is 17.8. The summed E-state index contributed by atoms with van der Waals surface area (Å²) in [5.74, 6) is -1.60. The summed E-state index contributed by atoms with van der Waals surface area (Å²) in [5, 5.41) is 5.73. The quantitative estimate of drug-likeness (QED) is 0.493. The standard InChI is InChI=1S/C24H26N2O5/c1-4-15(2)18-12-8-9-13-19(18)26-22(28)16(3)31-24(29)21-20(27)14-30-23(21)25-17-10-6-5-7-11-17/h5-13,15-16,25H,4,14H2,1-3H3,(H,26,28)/t15-,16+/m1/s1. The average molecular weight is 422 g/mol. The van der Waals surface area contributed by atoms with Gasteiger partial charge in [-0.3, -0.25) is 9.59 Å². The van der Waals surface area contributed by atoms with E-state index in [0.29, 0.717) is 11.4 Å². The lowest BCUT2D eigenvalue weighted by Crippen LogP contribution is -2.32. The first kappa shape index (κ1) is 22.1. The van der Waals surface area contributed by atoms with Crippen LogP contribution < -0.4 is 10.6 Å².